The Morgan fingerprint density at radius 1 is 1.19 bits per heavy atom. The van der Waals surface area contributed by atoms with Gasteiger partial charge in [-0.25, -0.2) is 0 Å². The highest BCUT2D eigenvalue weighted by atomic mass is 35.5. The second-order valence-electron chi connectivity index (χ2n) is 5.35. The van der Waals surface area contributed by atoms with Crippen LogP contribution in [0, 0.1) is 10.1 Å². The standard InChI is InChI=1S/C18H14ClN3O3S/c1-26-13-5-7-16(22(24)25)14(11-13)18(23)20-15-6-4-12(19)10-17(15)21-8-2-3-9-21/h2-11H,1H3,(H,20,23). The predicted molar refractivity (Wildman–Crippen MR) is 104 cm³/mol. The van der Waals surface area contributed by atoms with E-state index in [0.717, 1.165) is 4.90 Å². The molecule has 1 amide bonds. The Balaban J connectivity index is 2.00. The fraction of sp³-hybridized carbons (Fsp3) is 0.0556. The zero-order valence-electron chi connectivity index (χ0n) is 13.7. The Kier molecular flexibility index (Phi) is 5.29. The first kappa shape index (κ1) is 18.0. The third-order valence-corrected chi connectivity index (χ3v) is 4.70. The number of hydrogen-bond acceptors (Lipinski definition) is 4. The molecule has 0 spiro atoms. The minimum atomic E-state index is -0.562. The van der Waals surface area contributed by atoms with Crippen molar-refractivity contribution in [2.75, 3.05) is 11.6 Å². The van der Waals surface area contributed by atoms with Gasteiger partial charge in [0.25, 0.3) is 11.6 Å². The minimum absolute atomic E-state index is 0.00950. The zero-order valence-corrected chi connectivity index (χ0v) is 15.3. The number of rotatable bonds is 5. The van der Waals surface area contributed by atoms with Gasteiger partial charge >= 0.3 is 0 Å². The number of carbonyl (C=O) groups excluding carboxylic acids is 1. The summed E-state index contributed by atoms with van der Waals surface area (Å²) in [7, 11) is 0. The number of nitro groups is 1. The number of anilines is 1. The topological polar surface area (TPSA) is 77.2 Å². The number of benzene rings is 2. The summed E-state index contributed by atoms with van der Waals surface area (Å²) in [5, 5.41) is 14.5. The molecule has 26 heavy (non-hydrogen) atoms. The molecule has 3 aromatic rings. The van der Waals surface area contributed by atoms with E-state index in [0.29, 0.717) is 16.4 Å². The molecule has 132 valence electrons. The number of carbonyl (C=O) groups is 1. The van der Waals surface area contributed by atoms with Gasteiger partial charge in [0.1, 0.15) is 5.56 Å². The van der Waals surface area contributed by atoms with Crippen LogP contribution in [0.4, 0.5) is 11.4 Å². The van der Waals surface area contributed by atoms with Crippen molar-refractivity contribution in [1.29, 1.82) is 0 Å². The van der Waals surface area contributed by atoms with E-state index in [1.807, 2.05) is 30.8 Å². The molecule has 0 saturated heterocycles. The molecular weight excluding hydrogens is 374 g/mol. The maximum Gasteiger partial charge on any atom is 0.282 e. The molecule has 0 aliphatic rings. The predicted octanol–water partition coefficient (Wildman–Crippen LogP) is 5.01. The van der Waals surface area contributed by atoms with E-state index in [1.54, 1.807) is 28.8 Å². The number of hydrogen-bond donors (Lipinski definition) is 1. The first-order chi connectivity index (χ1) is 12.5. The van der Waals surface area contributed by atoms with E-state index in [9.17, 15) is 14.9 Å². The lowest BCUT2D eigenvalue weighted by atomic mass is 10.1. The van der Waals surface area contributed by atoms with Crippen LogP contribution in [0.2, 0.25) is 5.02 Å². The molecular formula is C18H14ClN3O3S. The molecule has 0 bridgehead atoms. The van der Waals surface area contributed by atoms with Crippen LogP contribution in [0.3, 0.4) is 0 Å². The van der Waals surface area contributed by atoms with Crippen LogP contribution in [0.5, 0.6) is 0 Å². The van der Waals surface area contributed by atoms with E-state index in [2.05, 4.69) is 5.32 Å². The summed E-state index contributed by atoms with van der Waals surface area (Å²) >= 11 is 7.48. The van der Waals surface area contributed by atoms with Gasteiger partial charge in [-0.05, 0) is 48.7 Å². The van der Waals surface area contributed by atoms with Crippen LogP contribution in [-0.4, -0.2) is 21.7 Å². The van der Waals surface area contributed by atoms with Gasteiger partial charge in [0.05, 0.1) is 16.3 Å². The number of thioether (sulfide) groups is 1. The maximum absolute atomic E-state index is 12.7. The highest BCUT2D eigenvalue weighted by Gasteiger charge is 2.21. The van der Waals surface area contributed by atoms with Crippen molar-refractivity contribution in [3.63, 3.8) is 0 Å². The Labute approximate surface area is 158 Å². The number of nitrogens with zero attached hydrogens (tertiary/aromatic N) is 2. The van der Waals surface area contributed by atoms with E-state index >= 15 is 0 Å². The van der Waals surface area contributed by atoms with Crippen molar-refractivity contribution < 1.29 is 9.72 Å². The van der Waals surface area contributed by atoms with Crippen molar-refractivity contribution in [2.45, 2.75) is 4.90 Å². The van der Waals surface area contributed by atoms with Crippen LogP contribution in [0.1, 0.15) is 10.4 Å². The second kappa shape index (κ2) is 7.63. The molecule has 0 radical (unpaired) electrons. The summed E-state index contributed by atoms with van der Waals surface area (Å²) in [5.74, 6) is -0.552. The largest absolute Gasteiger partial charge is 0.322 e. The molecule has 0 unspecified atom stereocenters. The van der Waals surface area contributed by atoms with Crippen molar-refractivity contribution >= 4 is 40.6 Å². The van der Waals surface area contributed by atoms with Gasteiger partial charge in [-0.15, -0.1) is 11.8 Å². The molecule has 0 aliphatic heterocycles. The number of halogens is 1. The second-order valence-corrected chi connectivity index (χ2v) is 6.66. The maximum atomic E-state index is 12.7. The van der Waals surface area contributed by atoms with Gasteiger partial charge in [-0.3, -0.25) is 14.9 Å². The lowest BCUT2D eigenvalue weighted by Crippen LogP contribution is -2.15. The SMILES string of the molecule is CSc1ccc([N+](=O)[O-])c(C(=O)Nc2ccc(Cl)cc2-n2cccc2)c1. The van der Waals surface area contributed by atoms with Crippen molar-refractivity contribution in [2.24, 2.45) is 0 Å². The smallest absolute Gasteiger partial charge is 0.282 e. The van der Waals surface area contributed by atoms with Crippen molar-refractivity contribution in [3.05, 3.63) is 81.6 Å². The van der Waals surface area contributed by atoms with E-state index in [-0.39, 0.29) is 11.3 Å². The average Bonchev–Trinajstić information content (AvgIpc) is 3.17. The van der Waals surface area contributed by atoms with E-state index in [1.165, 1.54) is 23.9 Å². The lowest BCUT2D eigenvalue weighted by molar-refractivity contribution is -0.385. The van der Waals surface area contributed by atoms with Crippen molar-refractivity contribution in [3.8, 4) is 5.69 Å². The van der Waals surface area contributed by atoms with Gasteiger partial charge in [-0.2, -0.15) is 0 Å². The highest BCUT2D eigenvalue weighted by molar-refractivity contribution is 7.98. The quantitative estimate of drug-likeness (QED) is 0.379. The highest BCUT2D eigenvalue weighted by Crippen LogP contribution is 2.28. The normalized spacial score (nSPS) is 10.5. The van der Waals surface area contributed by atoms with Crippen LogP contribution in [0.15, 0.2) is 65.8 Å². The van der Waals surface area contributed by atoms with Gasteiger partial charge in [0.15, 0.2) is 0 Å². The Morgan fingerprint density at radius 2 is 1.92 bits per heavy atom. The van der Waals surface area contributed by atoms with Crippen LogP contribution < -0.4 is 5.32 Å². The number of amides is 1. The Hall–Kier alpha value is -2.77. The molecule has 2 aromatic carbocycles. The van der Waals surface area contributed by atoms with Crippen LogP contribution >= 0.6 is 23.4 Å². The average molecular weight is 388 g/mol. The lowest BCUT2D eigenvalue weighted by Gasteiger charge is -2.13. The zero-order chi connectivity index (χ0) is 18.7. The monoisotopic (exact) mass is 387 g/mol. The first-order valence-corrected chi connectivity index (χ1v) is 9.16. The molecule has 1 aromatic heterocycles. The molecule has 1 N–H and O–H groups in total. The summed E-state index contributed by atoms with van der Waals surface area (Å²) in [6.45, 7) is 0. The molecule has 6 nitrogen and oxygen atoms in total. The number of aromatic nitrogens is 1. The van der Waals surface area contributed by atoms with Gasteiger partial charge < -0.3 is 9.88 Å². The number of nitrogens with one attached hydrogen (secondary N) is 1. The third kappa shape index (κ3) is 3.74. The molecule has 0 saturated carbocycles. The fourth-order valence-electron chi connectivity index (χ4n) is 2.49. The first-order valence-electron chi connectivity index (χ1n) is 7.56. The van der Waals surface area contributed by atoms with Gasteiger partial charge in [0, 0.05) is 28.4 Å². The van der Waals surface area contributed by atoms with Gasteiger partial charge in [-0.1, -0.05) is 11.6 Å². The number of nitro benzene ring substituents is 1. The molecule has 0 aliphatic carbocycles. The molecule has 0 atom stereocenters. The summed E-state index contributed by atoms with van der Waals surface area (Å²) < 4.78 is 1.80. The summed E-state index contributed by atoms with van der Waals surface area (Å²) in [4.78, 5) is 24.2. The summed E-state index contributed by atoms with van der Waals surface area (Å²) in [6.07, 6.45) is 5.47. The molecule has 1 heterocycles. The Morgan fingerprint density at radius 3 is 2.58 bits per heavy atom. The fourth-order valence-corrected chi connectivity index (χ4v) is 3.10. The van der Waals surface area contributed by atoms with Crippen LogP contribution in [0.25, 0.3) is 5.69 Å². The van der Waals surface area contributed by atoms with E-state index in [4.69, 9.17) is 11.6 Å². The van der Waals surface area contributed by atoms with E-state index < -0.39 is 10.8 Å². The third-order valence-electron chi connectivity index (χ3n) is 3.74. The molecule has 0 fully saturated rings. The van der Waals surface area contributed by atoms with Gasteiger partial charge in [0.2, 0.25) is 0 Å². The van der Waals surface area contributed by atoms with Crippen LogP contribution in [-0.2, 0) is 0 Å². The minimum Gasteiger partial charge on any atom is -0.322 e. The summed E-state index contributed by atoms with van der Waals surface area (Å²) in [6, 6.07) is 13.2. The van der Waals surface area contributed by atoms with Crippen molar-refractivity contribution in [1.82, 2.24) is 4.57 Å². The Bertz CT molecular complexity index is 974. The molecule has 3 rings (SSSR count). The molecule has 8 heteroatoms. The summed E-state index contributed by atoms with van der Waals surface area (Å²) in [5.41, 5.74) is 0.936.